The largest absolute Gasteiger partial charge is 0.391 e. The van der Waals surface area contributed by atoms with Crippen LogP contribution in [-0.4, -0.2) is 60.1 Å². The third kappa shape index (κ3) is 5.26. The van der Waals surface area contributed by atoms with Crippen molar-refractivity contribution in [2.75, 3.05) is 20.2 Å². The minimum absolute atomic E-state index is 0.00220. The molecular weight excluding hydrogens is 404 g/mol. The van der Waals surface area contributed by atoms with Gasteiger partial charge in [0.05, 0.1) is 12.2 Å². The molecule has 2 aliphatic heterocycles. The van der Waals surface area contributed by atoms with Crippen molar-refractivity contribution in [3.8, 4) is 0 Å². The van der Waals surface area contributed by atoms with Crippen LogP contribution in [0, 0.1) is 0 Å². The van der Waals surface area contributed by atoms with E-state index in [9.17, 15) is 14.7 Å². The average molecular weight is 437 g/mol. The maximum absolute atomic E-state index is 12.7. The van der Waals surface area contributed by atoms with Gasteiger partial charge in [-0.25, -0.2) is 0 Å². The molecule has 1 saturated heterocycles. The van der Waals surface area contributed by atoms with E-state index in [1.165, 1.54) is 11.1 Å². The van der Waals surface area contributed by atoms with Gasteiger partial charge in [-0.05, 0) is 48.9 Å². The Bertz CT molecular complexity index is 935. The summed E-state index contributed by atoms with van der Waals surface area (Å²) in [5.41, 5.74) is 3.70. The summed E-state index contributed by atoms with van der Waals surface area (Å²) >= 11 is 0. The van der Waals surface area contributed by atoms with Crippen LogP contribution < -0.4 is 5.32 Å². The fourth-order valence-corrected chi connectivity index (χ4v) is 4.65. The summed E-state index contributed by atoms with van der Waals surface area (Å²) in [5.74, 6) is -0.0159. The number of ether oxygens (including phenoxy) is 1. The molecule has 2 aliphatic rings. The van der Waals surface area contributed by atoms with E-state index in [1.807, 2.05) is 17.0 Å². The zero-order chi connectivity index (χ0) is 22.5. The van der Waals surface area contributed by atoms with Crippen molar-refractivity contribution in [1.29, 1.82) is 0 Å². The highest BCUT2D eigenvalue weighted by atomic mass is 16.5. The fourth-order valence-electron chi connectivity index (χ4n) is 4.65. The number of Topliss-reactive ketones (excluding diaryl/α,β-unsaturated/α-hetero) is 1. The Morgan fingerprint density at radius 2 is 1.72 bits per heavy atom. The number of likely N-dealkylation sites (tertiary alicyclic amines) is 1. The number of aliphatic hydroxyl groups excluding tert-OH is 1. The van der Waals surface area contributed by atoms with Crippen LogP contribution in [0.1, 0.15) is 57.5 Å². The van der Waals surface area contributed by atoms with Crippen molar-refractivity contribution in [3.63, 3.8) is 0 Å². The lowest BCUT2D eigenvalue weighted by atomic mass is 9.90. The van der Waals surface area contributed by atoms with Crippen LogP contribution in [0.2, 0.25) is 0 Å². The van der Waals surface area contributed by atoms with Gasteiger partial charge in [-0.3, -0.25) is 9.59 Å². The molecule has 2 aromatic rings. The smallest absolute Gasteiger partial charge is 0.253 e. The van der Waals surface area contributed by atoms with Gasteiger partial charge in [0.1, 0.15) is 0 Å². The van der Waals surface area contributed by atoms with Crippen LogP contribution in [0.4, 0.5) is 0 Å². The van der Waals surface area contributed by atoms with E-state index in [1.54, 1.807) is 31.4 Å². The molecule has 0 spiro atoms. The lowest BCUT2D eigenvalue weighted by molar-refractivity contribution is 0.0350. The molecule has 0 aliphatic carbocycles. The Kier molecular flexibility index (Phi) is 7.35. The number of hydrogen-bond acceptors (Lipinski definition) is 5. The molecular formula is C26H32N2O4. The Balaban J connectivity index is 1.27. The number of piperidine rings is 1. The molecule has 2 heterocycles. The van der Waals surface area contributed by atoms with Crippen LogP contribution in [0.3, 0.4) is 0 Å². The molecule has 0 radical (unpaired) electrons. The first-order chi connectivity index (χ1) is 15.5. The van der Waals surface area contributed by atoms with Crippen molar-refractivity contribution < 1.29 is 19.4 Å². The predicted molar refractivity (Wildman–Crippen MR) is 123 cm³/mol. The van der Waals surface area contributed by atoms with Gasteiger partial charge in [0.25, 0.3) is 5.91 Å². The minimum atomic E-state index is -0.580. The number of nitrogens with zero attached hydrogens (tertiary/aromatic N) is 1. The Morgan fingerprint density at radius 3 is 2.41 bits per heavy atom. The number of carbonyl (C=O) groups is 2. The van der Waals surface area contributed by atoms with E-state index >= 15 is 0 Å². The molecule has 2 N–H and O–H groups in total. The number of benzene rings is 2. The highest BCUT2D eigenvalue weighted by Gasteiger charge is 2.25. The second-order valence-corrected chi connectivity index (χ2v) is 8.79. The van der Waals surface area contributed by atoms with Crippen molar-refractivity contribution in [2.24, 2.45) is 0 Å². The second-order valence-electron chi connectivity index (χ2n) is 8.79. The first-order valence-electron chi connectivity index (χ1n) is 11.5. The summed E-state index contributed by atoms with van der Waals surface area (Å²) < 4.78 is 5.36. The zero-order valence-electron chi connectivity index (χ0n) is 18.6. The highest BCUT2D eigenvalue weighted by Crippen LogP contribution is 2.21. The van der Waals surface area contributed by atoms with Crippen LogP contribution in [-0.2, 0) is 17.7 Å². The number of aliphatic hydroxyl groups is 1. The van der Waals surface area contributed by atoms with E-state index in [0.29, 0.717) is 30.6 Å². The number of nitrogens with one attached hydrogen (secondary N) is 1. The summed E-state index contributed by atoms with van der Waals surface area (Å²) in [6, 6.07) is 15.1. The third-order valence-corrected chi connectivity index (χ3v) is 6.76. The van der Waals surface area contributed by atoms with Crippen molar-refractivity contribution in [3.05, 3.63) is 70.8 Å². The normalized spacial score (nSPS) is 19.9. The number of amides is 1. The van der Waals surface area contributed by atoms with Crippen molar-refractivity contribution >= 4 is 11.7 Å². The van der Waals surface area contributed by atoms with Gasteiger partial charge >= 0.3 is 0 Å². The topological polar surface area (TPSA) is 78.9 Å². The molecule has 32 heavy (non-hydrogen) atoms. The number of hydrogen-bond donors (Lipinski definition) is 2. The maximum atomic E-state index is 12.7. The van der Waals surface area contributed by atoms with Crippen LogP contribution >= 0.6 is 0 Å². The van der Waals surface area contributed by atoms with Crippen molar-refractivity contribution in [1.82, 2.24) is 10.2 Å². The summed E-state index contributed by atoms with van der Waals surface area (Å²) in [4.78, 5) is 27.2. The number of methoxy groups -OCH3 is 1. The Morgan fingerprint density at radius 1 is 1.06 bits per heavy atom. The van der Waals surface area contributed by atoms with Gasteiger partial charge in [0, 0.05) is 50.3 Å². The quantitative estimate of drug-likeness (QED) is 0.653. The van der Waals surface area contributed by atoms with E-state index in [4.69, 9.17) is 4.74 Å². The molecule has 2 atom stereocenters. The fraction of sp³-hybridized carbons (Fsp3) is 0.462. The van der Waals surface area contributed by atoms with Crippen LogP contribution in [0.15, 0.2) is 48.5 Å². The molecule has 0 unspecified atom stereocenters. The highest BCUT2D eigenvalue weighted by molar-refractivity contribution is 5.98. The molecule has 0 bridgehead atoms. The lowest BCUT2D eigenvalue weighted by Crippen LogP contribution is -2.44. The number of ketones is 1. The number of rotatable bonds is 7. The predicted octanol–water partition coefficient (Wildman–Crippen LogP) is 2.98. The summed E-state index contributed by atoms with van der Waals surface area (Å²) in [7, 11) is 1.71. The molecule has 1 fully saturated rings. The molecule has 1 amide bonds. The maximum Gasteiger partial charge on any atom is 0.253 e. The standard InChI is InChI=1S/C26H32N2O4/c1-32-22-12-14-28(15-13-22)26(31)19-8-6-18(7-9-19)24(29)10-11-25(30)23-16-20-4-2-3-5-21(20)17-27-23/h2-9,22-23,25,27,30H,10-17H2,1H3/t23-,25+/m0/s1. The zero-order valence-corrected chi connectivity index (χ0v) is 18.6. The summed E-state index contributed by atoms with van der Waals surface area (Å²) in [5, 5.41) is 14.0. The molecule has 4 rings (SSSR count). The average Bonchev–Trinajstić information content (AvgIpc) is 2.86. The molecule has 6 nitrogen and oxygen atoms in total. The molecule has 2 aromatic carbocycles. The molecule has 0 saturated carbocycles. The SMILES string of the molecule is COC1CCN(C(=O)c2ccc(C(=O)CC[C@@H](O)[C@@H]3Cc4ccccc4CN3)cc2)CC1. The van der Waals surface area contributed by atoms with E-state index in [0.717, 1.165) is 25.8 Å². The first kappa shape index (κ1) is 22.6. The molecule has 170 valence electrons. The van der Waals surface area contributed by atoms with Gasteiger partial charge in [-0.2, -0.15) is 0 Å². The van der Waals surface area contributed by atoms with E-state index in [-0.39, 0.29) is 30.3 Å². The van der Waals surface area contributed by atoms with Gasteiger partial charge < -0.3 is 20.1 Å². The van der Waals surface area contributed by atoms with Crippen LogP contribution in [0.5, 0.6) is 0 Å². The van der Waals surface area contributed by atoms with Gasteiger partial charge in [0.15, 0.2) is 5.78 Å². The van der Waals surface area contributed by atoms with Gasteiger partial charge in [-0.15, -0.1) is 0 Å². The monoisotopic (exact) mass is 436 g/mol. The number of fused-ring (bicyclic) bond motifs is 1. The Labute approximate surface area is 189 Å². The Hall–Kier alpha value is -2.54. The number of carbonyl (C=O) groups excluding carboxylic acids is 2. The lowest BCUT2D eigenvalue weighted by Gasteiger charge is -2.31. The van der Waals surface area contributed by atoms with Crippen molar-refractivity contribution in [2.45, 2.75) is 56.9 Å². The van der Waals surface area contributed by atoms with E-state index in [2.05, 4.69) is 17.4 Å². The molecule has 6 heteroatoms. The third-order valence-electron chi connectivity index (χ3n) is 6.76. The minimum Gasteiger partial charge on any atom is -0.391 e. The second kappa shape index (κ2) is 10.4. The van der Waals surface area contributed by atoms with Gasteiger partial charge in [-0.1, -0.05) is 36.4 Å². The summed E-state index contributed by atoms with van der Waals surface area (Å²) in [6.45, 7) is 2.12. The molecule has 0 aromatic heterocycles. The first-order valence-corrected chi connectivity index (χ1v) is 11.5. The van der Waals surface area contributed by atoms with Gasteiger partial charge in [0.2, 0.25) is 0 Å². The summed E-state index contributed by atoms with van der Waals surface area (Å²) in [6.07, 6.45) is 2.80. The van der Waals surface area contributed by atoms with E-state index < -0.39 is 6.10 Å². The van der Waals surface area contributed by atoms with Crippen LogP contribution in [0.25, 0.3) is 0 Å².